The Hall–Kier alpha value is -12.0. The number of nitrogens with zero attached hydrogens (tertiary/aromatic N) is 7. The summed E-state index contributed by atoms with van der Waals surface area (Å²) >= 11 is 0. The molecule has 0 aliphatic carbocycles. The molecular weight excluding hydrogens is 1290 g/mol. The molecule has 20 nitrogen and oxygen atoms in total. The van der Waals surface area contributed by atoms with Crippen LogP contribution in [0.1, 0.15) is 45.5 Å². The molecule has 0 radical (unpaired) electrons. The number of aliphatic carboxylic acids is 1. The van der Waals surface area contributed by atoms with Crippen molar-refractivity contribution in [2.45, 2.75) is 50.6 Å². The van der Waals surface area contributed by atoms with Gasteiger partial charge in [0, 0.05) is 18.2 Å². The predicted molar refractivity (Wildman–Crippen MR) is 333 cm³/mol. The molecule has 0 saturated carbocycles. The maximum Gasteiger partial charge on any atom is 0.420 e. The topological polar surface area (TPSA) is 236 Å². The quantitative estimate of drug-likeness (QED) is 0.0305. The van der Waals surface area contributed by atoms with E-state index in [9.17, 15) is 58.7 Å². The van der Waals surface area contributed by atoms with E-state index < -0.39 is 70.4 Å². The third-order valence-electron chi connectivity index (χ3n) is 13.2. The fourth-order valence-corrected chi connectivity index (χ4v) is 8.88. The van der Waals surface area contributed by atoms with Crippen LogP contribution >= 0.6 is 0 Å². The summed E-state index contributed by atoms with van der Waals surface area (Å²) in [6.45, 7) is 0. The normalized spacial score (nSPS) is 11.2. The van der Waals surface area contributed by atoms with Crippen molar-refractivity contribution in [3.8, 4) is 69.4 Å². The van der Waals surface area contributed by atoms with Crippen molar-refractivity contribution in [2.24, 2.45) is 0 Å². The Morgan fingerprint density at radius 1 is 0.454 bits per heavy atom. The van der Waals surface area contributed by atoms with E-state index in [0.29, 0.717) is 40.1 Å². The lowest BCUT2D eigenvalue weighted by molar-refractivity contribution is -0.140. The summed E-state index contributed by atoms with van der Waals surface area (Å²) < 4.78 is 169. The Morgan fingerprint density at radius 3 is 1.21 bits per heavy atom. The molecule has 0 saturated heterocycles. The summed E-state index contributed by atoms with van der Waals surface area (Å²) in [5.74, 6) is -2.44. The summed E-state index contributed by atoms with van der Waals surface area (Å²) in [6.07, 6.45) is -10.2. The number of aromatic nitrogens is 7. The van der Waals surface area contributed by atoms with Crippen LogP contribution in [0.4, 0.5) is 39.5 Å². The van der Waals surface area contributed by atoms with Crippen molar-refractivity contribution < 1.29 is 102 Å². The minimum Gasteiger partial charge on any atom is -0.481 e. The van der Waals surface area contributed by atoms with Gasteiger partial charge < -0.3 is 47.8 Å². The smallest absolute Gasteiger partial charge is 0.420 e. The number of alkyl halides is 9. The third-order valence-corrected chi connectivity index (χ3v) is 13.2. The van der Waals surface area contributed by atoms with Crippen LogP contribution in [0.2, 0.25) is 0 Å². The molecule has 11 aromatic rings. The Morgan fingerprint density at radius 2 is 0.825 bits per heavy atom. The SMILES string of the molecule is COC(=O)Cc1cccc(Oc2ccc(Oc3cccc(CCC=O)n3)cc2C(F)(F)F)c1.COC(=O)Cc1cccc(Oc2ccc(Oc3cccc4nncn34)cc2C(F)(F)F)c1.O=C(O)Cc1cccc(Oc2ccc(Oc3cccc4nncn34)cc2C(F)(F)F)c1.[BH4-]. The molecule has 502 valence electrons. The van der Waals surface area contributed by atoms with Crippen molar-refractivity contribution in [1.29, 1.82) is 0 Å². The molecule has 0 bridgehead atoms. The third kappa shape index (κ3) is 19.8. The molecule has 97 heavy (non-hydrogen) atoms. The van der Waals surface area contributed by atoms with E-state index in [1.165, 1.54) is 108 Å². The highest BCUT2D eigenvalue weighted by molar-refractivity contribution is 5.76. The van der Waals surface area contributed by atoms with E-state index in [1.54, 1.807) is 78.9 Å². The van der Waals surface area contributed by atoms with Crippen LogP contribution in [-0.4, -0.2) is 86.1 Å². The second kappa shape index (κ2) is 31.8. The summed E-state index contributed by atoms with van der Waals surface area (Å²) in [6, 6.07) is 43.0. The summed E-state index contributed by atoms with van der Waals surface area (Å²) in [4.78, 5) is 48.5. The van der Waals surface area contributed by atoms with Crippen molar-refractivity contribution in [1.82, 2.24) is 34.2 Å². The first kappa shape index (κ1) is 70.9. The van der Waals surface area contributed by atoms with Gasteiger partial charge in [0.2, 0.25) is 17.6 Å². The molecule has 0 aliphatic heterocycles. The van der Waals surface area contributed by atoms with Crippen molar-refractivity contribution in [3.63, 3.8) is 0 Å². The molecule has 30 heteroatoms. The minimum atomic E-state index is -4.71. The number of carbonyl (C=O) groups excluding carboxylic acids is 3. The molecule has 11 rings (SSSR count). The number of ether oxygens (including phenoxy) is 8. The van der Waals surface area contributed by atoms with Gasteiger partial charge in [-0.1, -0.05) is 63.0 Å². The monoisotopic (exact) mass is 1350 g/mol. The van der Waals surface area contributed by atoms with E-state index in [0.717, 1.165) is 36.6 Å². The molecule has 0 atom stereocenters. The van der Waals surface area contributed by atoms with Gasteiger partial charge in [-0.15, -0.1) is 20.4 Å². The number of aryl methyl sites for hydroxylation is 1. The largest absolute Gasteiger partial charge is 0.481 e. The average Bonchev–Trinajstić information content (AvgIpc) is 1.59. The predicted octanol–water partition coefficient (Wildman–Crippen LogP) is 14.1. The molecule has 1 N–H and O–H groups in total. The van der Waals surface area contributed by atoms with E-state index >= 15 is 0 Å². The Balaban J connectivity index is 0.000000185. The van der Waals surface area contributed by atoms with Gasteiger partial charge in [-0.25, -0.2) is 4.98 Å². The van der Waals surface area contributed by atoms with Crippen LogP contribution in [-0.2, 0) is 72.9 Å². The molecule has 0 aliphatic rings. The minimum absolute atomic E-state index is 0. The number of rotatable bonds is 21. The van der Waals surface area contributed by atoms with Crippen LogP contribution in [0.15, 0.2) is 195 Å². The molecule has 0 unspecified atom stereocenters. The van der Waals surface area contributed by atoms with E-state index in [-0.39, 0.29) is 86.2 Å². The van der Waals surface area contributed by atoms with Crippen molar-refractivity contribution >= 4 is 43.9 Å². The lowest BCUT2D eigenvalue weighted by atomic mass is 10.1. The van der Waals surface area contributed by atoms with Crippen molar-refractivity contribution in [2.75, 3.05) is 14.2 Å². The number of carboxylic acid groups (broad SMARTS) is 1. The van der Waals surface area contributed by atoms with Gasteiger partial charge in [0.05, 0.1) is 33.5 Å². The molecule has 6 aromatic carbocycles. The number of fused-ring (bicyclic) bond motifs is 2. The molecule has 0 fully saturated rings. The maximum absolute atomic E-state index is 13.7. The van der Waals surface area contributed by atoms with E-state index in [1.807, 2.05) is 0 Å². The molecule has 5 aromatic heterocycles. The number of aldehydes is 1. The number of carboxylic acids is 1. The fourth-order valence-electron chi connectivity index (χ4n) is 8.88. The molecule has 0 spiro atoms. The van der Waals surface area contributed by atoms with E-state index in [4.69, 9.17) is 33.5 Å². The number of hydrogen-bond acceptors (Lipinski definition) is 17. The van der Waals surface area contributed by atoms with E-state index in [2.05, 4.69) is 34.9 Å². The maximum atomic E-state index is 13.7. The number of carbonyl (C=O) groups is 4. The highest BCUT2D eigenvalue weighted by atomic mass is 19.4. The van der Waals surface area contributed by atoms with Gasteiger partial charge in [-0.3, -0.25) is 23.2 Å². The van der Waals surface area contributed by atoms with Crippen molar-refractivity contribution in [3.05, 3.63) is 234 Å². The van der Waals surface area contributed by atoms with Gasteiger partial charge in [-0.05, 0) is 144 Å². The first-order valence-electron chi connectivity index (χ1n) is 28.2. The number of halogens is 9. The van der Waals surface area contributed by atoms with Crippen LogP contribution in [0, 0.1) is 0 Å². The zero-order chi connectivity index (χ0) is 68.6. The van der Waals surface area contributed by atoms with Gasteiger partial charge >= 0.3 is 36.4 Å². The number of hydrogen-bond donors (Lipinski definition) is 1. The Kier molecular flexibility index (Phi) is 23.2. The summed E-state index contributed by atoms with van der Waals surface area (Å²) in [7, 11) is 2.50. The van der Waals surface area contributed by atoms with Gasteiger partial charge in [0.1, 0.15) is 87.4 Å². The van der Waals surface area contributed by atoms with Crippen LogP contribution < -0.4 is 28.4 Å². The lowest BCUT2D eigenvalue weighted by Crippen LogP contribution is -2.08. The summed E-state index contributed by atoms with van der Waals surface area (Å²) in [5.41, 5.74) is -0.0364. The van der Waals surface area contributed by atoms with Crippen LogP contribution in [0.3, 0.4) is 0 Å². The fraction of sp³-hybridized carbons (Fsp3) is 0.149. The first-order chi connectivity index (χ1) is 45.9. The lowest BCUT2D eigenvalue weighted by Gasteiger charge is -2.16. The number of pyridine rings is 3. The Bertz CT molecular complexity index is 4570. The standard InChI is InChI=1S/C24H20F3NO5.C22H16F3N3O4.C21H14F3N3O4.BH4/c1-31-23(30)14-16-5-2-8-18(13-16)32-21-11-10-19(15-20(21)24(25,26)27)33-22-9-3-6-17(28-22)7-4-12-29;1-30-21(29)11-14-4-2-5-15(10-14)31-18-9-8-16(12-17(18)22(23,24)25)32-20-7-3-6-19-27-26-13-28(19)20;22-21(23,24)16-11-15(31-19-6-2-5-18-26-25-12-27(18)19)7-8-17(16)30-14-4-1-3-13(9-14)10-20(28)29;/h2-3,5-6,8-13,15H,4,7,14H2,1H3;2-10,12-13H,11H2,1H3;1-9,11-12H,10H2,(H,28,29);1H4/q;;;-1. The molecular formula is C67H54BF9N7O13-. The zero-order valence-electron chi connectivity index (χ0n) is 50.0. The average molecular weight is 1350 g/mol. The highest BCUT2D eigenvalue weighted by Gasteiger charge is 2.38. The Labute approximate surface area is 545 Å². The number of esters is 2. The van der Waals surface area contributed by atoms with Crippen LogP contribution in [0.25, 0.3) is 11.3 Å². The molecule has 5 heterocycles. The second-order valence-electron chi connectivity index (χ2n) is 20.1. The molecule has 0 amide bonds. The number of benzene rings is 6. The zero-order valence-corrected chi connectivity index (χ0v) is 50.0. The summed E-state index contributed by atoms with van der Waals surface area (Å²) in [5, 5.41) is 24.1. The second-order valence-corrected chi connectivity index (χ2v) is 20.1. The van der Waals surface area contributed by atoms with Gasteiger partial charge in [0.25, 0.3) is 0 Å². The van der Waals surface area contributed by atoms with Gasteiger partial charge in [0.15, 0.2) is 11.3 Å². The van der Waals surface area contributed by atoms with Gasteiger partial charge in [-0.2, -0.15) is 39.5 Å². The first-order valence-corrected chi connectivity index (χ1v) is 28.2. The number of methoxy groups -OCH3 is 2. The highest BCUT2D eigenvalue weighted by Crippen LogP contribution is 2.44. The van der Waals surface area contributed by atoms with Crippen LogP contribution in [0.5, 0.6) is 69.4 Å².